The SMILES string of the molecule is CC(=O)CCNc1ccc(C)c(N)c1. The van der Waals surface area contributed by atoms with Crippen LogP contribution >= 0.6 is 0 Å². The average Bonchev–Trinajstić information content (AvgIpc) is 2.10. The first-order chi connectivity index (χ1) is 6.59. The lowest BCUT2D eigenvalue weighted by molar-refractivity contribution is -0.116. The average molecular weight is 192 g/mol. The number of benzene rings is 1. The Kier molecular flexibility index (Phi) is 3.51. The van der Waals surface area contributed by atoms with Gasteiger partial charge >= 0.3 is 0 Å². The number of nitrogens with one attached hydrogen (secondary N) is 1. The number of nitrogens with two attached hydrogens (primary N) is 1. The predicted molar refractivity (Wildman–Crippen MR) is 59.4 cm³/mol. The Bertz CT molecular complexity index is 334. The molecule has 0 aliphatic rings. The van der Waals surface area contributed by atoms with Gasteiger partial charge in [0.1, 0.15) is 5.78 Å². The molecular weight excluding hydrogens is 176 g/mol. The summed E-state index contributed by atoms with van der Waals surface area (Å²) >= 11 is 0. The Morgan fingerprint density at radius 2 is 2.21 bits per heavy atom. The number of Topliss-reactive ketones (excluding diaryl/α,β-unsaturated/α-hetero) is 1. The number of hydrogen-bond acceptors (Lipinski definition) is 3. The molecule has 1 aromatic rings. The van der Waals surface area contributed by atoms with Crippen LogP contribution in [-0.4, -0.2) is 12.3 Å². The van der Waals surface area contributed by atoms with Gasteiger partial charge in [-0.2, -0.15) is 0 Å². The third-order valence-electron chi connectivity index (χ3n) is 2.09. The third kappa shape index (κ3) is 3.09. The summed E-state index contributed by atoms with van der Waals surface area (Å²) in [4.78, 5) is 10.7. The number of aryl methyl sites for hydroxylation is 1. The first-order valence-corrected chi connectivity index (χ1v) is 4.69. The summed E-state index contributed by atoms with van der Waals surface area (Å²) in [5.41, 5.74) is 8.56. The number of rotatable bonds is 4. The van der Waals surface area contributed by atoms with Gasteiger partial charge in [0.25, 0.3) is 0 Å². The van der Waals surface area contributed by atoms with Crippen LogP contribution in [0, 0.1) is 6.92 Å². The topological polar surface area (TPSA) is 55.1 Å². The molecule has 3 nitrogen and oxygen atoms in total. The number of anilines is 2. The van der Waals surface area contributed by atoms with Gasteiger partial charge in [0.15, 0.2) is 0 Å². The van der Waals surface area contributed by atoms with E-state index < -0.39 is 0 Å². The van der Waals surface area contributed by atoms with Crippen molar-refractivity contribution in [2.24, 2.45) is 0 Å². The van der Waals surface area contributed by atoms with Crippen molar-refractivity contribution in [2.45, 2.75) is 20.3 Å². The smallest absolute Gasteiger partial charge is 0.131 e. The maximum Gasteiger partial charge on any atom is 0.131 e. The van der Waals surface area contributed by atoms with Gasteiger partial charge in [-0.05, 0) is 31.5 Å². The normalized spacial score (nSPS) is 9.86. The highest BCUT2D eigenvalue weighted by Crippen LogP contribution is 2.16. The lowest BCUT2D eigenvalue weighted by atomic mass is 10.2. The van der Waals surface area contributed by atoms with Crippen LogP contribution in [-0.2, 0) is 4.79 Å². The van der Waals surface area contributed by atoms with Crippen molar-refractivity contribution < 1.29 is 4.79 Å². The van der Waals surface area contributed by atoms with Crippen molar-refractivity contribution in [3.8, 4) is 0 Å². The van der Waals surface area contributed by atoms with E-state index in [1.54, 1.807) is 6.92 Å². The maximum atomic E-state index is 10.7. The van der Waals surface area contributed by atoms with Crippen LogP contribution in [0.3, 0.4) is 0 Å². The first kappa shape index (κ1) is 10.6. The summed E-state index contributed by atoms with van der Waals surface area (Å²) in [6.07, 6.45) is 0.549. The van der Waals surface area contributed by atoms with Crippen molar-refractivity contribution >= 4 is 17.2 Å². The quantitative estimate of drug-likeness (QED) is 0.717. The van der Waals surface area contributed by atoms with E-state index in [1.807, 2.05) is 25.1 Å². The molecule has 1 aromatic carbocycles. The molecule has 0 radical (unpaired) electrons. The zero-order valence-corrected chi connectivity index (χ0v) is 8.63. The molecule has 0 saturated heterocycles. The monoisotopic (exact) mass is 192 g/mol. The largest absolute Gasteiger partial charge is 0.398 e. The third-order valence-corrected chi connectivity index (χ3v) is 2.09. The van der Waals surface area contributed by atoms with E-state index in [-0.39, 0.29) is 5.78 Å². The molecule has 0 spiro atoms. The van der Waals surface area contributed by atoms with Gasteiger partial charge in [0.2, 0.25) is 0 Å². The second kappa shape index (κ2) is 4.65. The van der Waals surface area contributed by atoms with Gasteiger partial charge < -0.3 is 11.1 Å². The Morgan fingerprint density at radius 1 is 1.50 bits per heavy atom. The van der Waals surface area contributed by atoms with Crippen molar-refractivity contribution in [1.82, 2.24) is 0 Å². The number of carbonyl (C=O) groups excluding carboxylic acids is 1. The van der Waals surface area contributed by atoms with E-state index >= 15 is 0 Å². The van der Waals surface area contributed by atoms with Crippen LogP contribution in [0.25, 0.3) is 0 Å². The molecule has 0 saturated carbocycles. The van der Waals surface area contributed by atoms with Crippen molar-refractivity contribution in [3.05, 3.63) is 23.8 Å². The maximum absolute atomic E-state index is 10.7. The Morgan fingerprint density at radius 3 is 2.79 bits per heavy atom. The molecule has 0 amide bonds. The van der Waals surface area contributed by atoms with E-state index in [1.165, 1.54) is 0 Å². The molecule has 1 rings (SSSR count). The van der Waals surface area contributed by atoms with E-state index in [4.69, 9.17) is 5.73 Å². The summed E-state index contributed by atoms with van der Waals surface area (Å²) in [6.45, 7) is 4.22. The lowest BCUT2D eigenvalue weighted by Gasteiger charge is -2.07. The first-order valence-electron chi connectivity index (χ1n) is 4.69. The van der Waals surface area contributed by atoms with Gasteiger partial charge in [-0.1, -0.05) is 6.07 Å². The van der Waals surface area contributed by atoms with Crippen molar-refractivity contribution in [2.75, 3.05) is 17.6 Å². The molecule has 0 fully saturated rings. The molecule has 14 heavy (non-hydrogen) atoms. The number of carbonyl (C=O) groups is 1. The molecule has 0 unspecified atom stereocenters. The van der Waals surface area contributed by atoms with E-state index in [0.29, 0.717) is 13.0 Å². The van der Waals surface area contributed by atoms with Crippen LogP contribution in [0.15, 0.2) is 18.2 Å². The molecule has 3 N–H and O–H groups in total. The summed E-state index contributed by atoms with van der Waals surface area (Å²) < 4.78 is 0. The van der Waals surface area contributed by atoms with Crippen LogP contribution in [0.1, 0.15) is 18.9 Å². The molecule has 0 aliphatic carbocycles. The fourth-order valence-electron chi connectivity index (χ4n) is 1.13. The molecule has 76 valence electrons. The minimum Gasteiger partial charge on any atom is -0.398 e. The predicted octanol–water partition coefficient (Wildman–Crippen LogP) is 1.97. The summed E-state index contributed by atoms with van der Waals surface area (Å²) in [7, 11) is 0. The second-order valence-corrected chi connectivity index (χ2v) is 3.45. The van der Waals surface area contributed by atoms with Crippen LogP contribution in [0.2, 0.25) is 0 Å². The number of ketones is 1. The highest BCUT2D eigenvalue weighted by molar-refractivity contribution is 5.76. The van der Waals surface area contributed by atoms with E-state index in [9.17, 15) is 4.79 Å². The standard InChI is InChI=1S/C11H16N2O/c1-8-3-4-10(7-11(8)12)13-6-5-9(2)14/h3-4,7,13H,5-6,12H2,1-2H3. The fourth-order valence-corrected chi connectivity index (χ4v) is 1.13. The Balaban J connectivity index is 2.51. The van der Waals surface area contributed by atoms with Crippen molar-refractivity contribution in [1.29, 1.82) is 0 Å². The number of hydrogen-bond donors (Lipinski definition) is 2. The minimum atomic E-state index is 0.192. The summed E-state index contributed by atoms with van der Waals surface area (Å²) in [5.74, 6) is 0.192. The molecule has 0 aliphatic heterocycles. The summed E-state index contributed by atoms with van der Waals surface area (Å²) in [6, 6.07) is 5.81. The second-order valence-electron chi connectivity index (χ2n) is 3.45. The van der Waals surface area contributed by atoms with E-state index in [0.717, 1.165) is 16.9 Å². The van der Waals surface area contributed by atoms with Gasteiger partial charge in [-0.25, -0.2) is 0 Å². The highest BCUT2D eigenvalue weighted by Gasteiger charge is 1.97. The van der Waals surface area contributed by atoms with Crippen molar-refractivity contribution in [3.63, 3.8) is 0 Å². The van der Waals surface area contributed by atoms with Crippen LogP contribution < -0.4 is 11.1 Å². The van der Waals surface area contributed by atoms with E-state index in [2.05, 4.69) is 5.32 Å². The minimum absolute atomic E-state index is 0.192. The Labute approximate surface area is 84.3 Å². The van der Waals surface area contributed by atoms with Crippen LogP contribution in [0.5, 0.6) is 0 Å². The van der Waals surface area contributed by atoms with Gasteiger partial charge in [0, 0.05) is 24.3 Å². The molecule has 0 heterocycles. The fraction of sp³-hybridized carbons (Fsp3) is 0.364. The van der Waals surface area contributed by atoms with Crippen LogP contribution in [0.4, 0.5) is 11.4 Å². The number of nitrogen functional groups attached to an aromatic ring is 1. The zero-order valence-electron chi connectivity index (χ0n) is 8.63. The molecule has 0 aromatic heterocycles. The van der Waals surface area contributed by atoms with Gasteiger partial charge in [-0.3, -0.25) is 4.79 Å². The molecule has 0 bridgehead atoms. The van der Waals surface area contributed by atoms with Gasteiger partial charge in [0.05, 0.1) is 0 Å². The highest BCUT2D eigenvalue weighted by atomic mass is 16.1. The Hall–Kier alpha value is -1.51. The summed E-state index contributed by atoms with van der Waals surface area (Å²) in [5, 5.41) is 3.14. The molecule has 0 atom stereocenters. The zero-order chi connectivity index (χ0) is 10.6. The molecule has 3 heteroatoms. The lowest BCUT2D eigenvalue weighted by Crippen LogP contribution is -2.06. The molecular formula is C11H16N2O. The van der Waals surface area contributed by atoms with Gasteiger partial charge in [-0.15, -0.1) is 0 Å².